The Hall–Kier alpha value is -3.13. The van der Waals surface area contributed by atoms with Crippen LogP contribution in [0.15, 0.2) is 38.8 Å². The number of benzene rings is 1. The van der Waals surface area contributed by atoms with Gasteiger partial charge in [0.25, 0.3) is 11.5 Å². The standard InChI is InChI=1S/C15H14F3N5O5S/c1-22-10-9(11(24)23(2)13(22)26)14(12(25)20-10,15(16,17)18)21-29(27,28)8-5-3-7(19)4-6-8/h3-6,21H,19H2,1-2H3,(H,20,25)/t14-/m0/s1. The lowest BCUT2D eigenvalue weighted by molar-refractivity contribution is -0.194. The van der Waals surface area contributed by atoms with Gasteiger partial charge in [0, 0.05) is 19.8 Å². The van der Waals surface area contributed by atoms with Crippen molar-refractivity contribution in [1.82, 2.24) is 13.9 Å². The Morgan fingerprint density at radius 2 is 1.62 bits per heavy atom. The maximum atomic E-state index is 14.2. The van der Waals surface area contributed by atoms with Crippen molar-refractivity contribution < 1.29 is 26.4 Å². The first-order valence-corrected chi connectivity index (χ1v) is 9.30. The van der Waals surface area contributed by atoms with Gasteiger partial charge in [-0.2, -0.15) is 17.9 Å². The first-order valence-electron chi connectivity index (χ1n) is 7.82. The third kappa shape index (κ3) is 2.82. The van der Waals surface area contributed by atoms with Gasteiger partial charge < -0.3 is 11.1 Å². The van der Waals surface area contributed by atoms with Gasteiger partial charge in [-0.1, -0.05) is 0 Å². The molecule has 14 heteroatoms. The molecule has 2 aromatic rings. The molecule has 10 nitrogen and oxygen atoms in total. The van der Waals surface area contributed by atoms with Crippen LogP contribution in [0.1, 0.15) is 5.56 Å². The zero-order valence-electron chi connectivity index (χ0n) is 14.9. The molecule has 0 bridgehead atoms. The summed E-state index contributed by atoms with van der Waals surface area (Å²) in [6.07, 6.45) is -5.56. The number of hydrogen-bond acceptors (Lipinski definition) is 6. The molecule has 2 heterocycles. The number of amides is 1. The second-order valence-corrected chi connectivity index (χ2v) is 7.99. The van der Waals surface area contributed by atoms with Crippen LogP contribution in [0.5, 0.6) is 0 Å². The van der Waals surface area contributed by atoms with E-state index >= 15 is 0 Å². The molecule has 0 unspecified atom stereocenters. The van der Waals surface area contributed by atoms with Crippen LogP contribution >= 0.6 is 0 Å². The van der Waals surface area contributed by atoms with E-state index in [2.05, 4.69) is 0 Å². The number of hydrogen-bond donors (Lipinski definition) is 3. The Kier molecular flexibility index (Phi) is 4.39. The normalized spacial score (nSPS) is 19.1. The van der Waals surface area contributed by atoms with E-state index < -0.39 is 55.2 Å². The summed E-state index contributed by atoms with van der Waals surface area (Å²) in [7, 11) is -3.02. The molecule has 0 aliphatic carbocycles. The van der Waals surface area contributed by atoms with Crippen LogP contribution in [-0.2, 0) is 34.5 Å². The monoisotopic (exact) mass is 433 g/mol. The molecule has 1 atom stereocenters. The minimum Gasteiger partial charge on any atom is -0.399 e. The summed E-state index contributed by atoms with van der Waals surface area (Å²) in [5, 5.41) is 1.80. The quantitative estimate of drug-likeness (QED) is 0.549. The number of anilines is 2. The molecule has 156 valence electrons. The Morgan fingerprint density at radius 3 is 2.14 bits per heavy atom. The highest BCUT2D eigenvalue weighted by molar-refractivity contribution is 7.89. The second-order valence-electron chi connectivity index (χ2n) is 6.31. The molecule has 1 aliphatic rings. The van der Waals surface area contributed by atoms with Crippen molar-refractivity contribution in [1.29, 1.82) is 0 Å². The zero-order chi connectivity index (χ0) is 21.9. The highest BCUT2D eigenvalue weighted by Crippen LogP contribution is 2.45. The fourth-order valence-electron chi connectivity index (χ4n) is 2.98. The fraction of sp³-hybridized carbons (Fsp3) is 0.267. The molecule has 1 aromatic carbocycles. The van der Waals surface area contributed by atoms with Crippen LogP contribution in [-0.4, -0.2) is 29.6 Å². The highest BCUT2D eigenvalue weighted by atomic mass is 32.2. The molecule has 1 amide bonds. The maximum absolute atomic E-state index is 14.2. The average molecular weight is 433 g/mol. The molecule has 0 spiro atoms. The lowest BCUT2D eigenvalue weighted by Gasteiger charge is -2.30. The number of rotatable bonds is 3. The van der Waals surface area contributed by atoms with Crippen molar-refractivity contribution in [2.45, 2.75) is 16.6 Å². The molecular formula is C15H14F3N5O5S. The van der Waals surface area contributed by atoms with E-state index in [1.165, 1.54) is 4.72 Å². The lowest BCUT2D eigenvalue weighted by atomic mass is 9.93. The first kappa shape index (κ1) is 20.6. The second kappa shape index (κ2) is 6.18. The molecule has 0 radical (unpaired) electrons. The Balaban J connectivity index is 2.35. The fourth-order valence-corrected chi connectivity index (χ4v) is 4.30. The third-order valence-corrected chi connectivity index (χ3v) is 5.98. The maximum Gasteiger partial charge on any atom is 0.421 e. The van der Waals surface area contributed by atoms with Crippen LogP contribution in [0.25, 0.3) is 0 Å². The summed E-state index contributed by atoms with van der Waals surface area (Å²) >= 11 is 0. The summed E-state index contributed by atoms with van der Waals surface area (Å²) in [5.74, 6) is -2.61. The summed E-state index contributed by atoms with van der Waals surface area (Å²) in [6, 6.07) is 4.16. The Morgan fingerprint density at radius 1 is 1.07 bits per heavy atom. The van der Waals surface area contributed by atoms with E-state index in [0.717, 1.165) is 38.4 Å². The highest BCUT2D eigenvalue weighted by Gasteiger charge is 2.69. The van der Waals surface area contributed by atoms with Gasteiger partial charge in [-0.15, -0.1) is 0 Å². The van der Waals surface area contributed by atoms with E-state index in [-0.39, 0.29) is 5.69 Å². The van der Waals surface area contributed by atoms with Gasteiger partial charge in [0.1, 0.15) is 5.82 Å². The molecule has 3 rings (SSSR count). The molecule has 4 N–H and O–H groups in total. The van der Waals surface area contributed by atoms with Gasteiger partial charge in [0.2, 0.25) is 15.6 Å². The number of carbonyl (C=O) groups is 1. The number of nitrogens with zero attached hydrogens (tertiary/aromatic N) is 2. The number of halogens is 3. The molecule has 0 saturated heterocycles. The van der Waals surface area contributed by atoms with Crippen molar-refractivity contribution in [2.75, 3.05) is 11.1 Å². The predicted molar refractivity (Wildman–Crippen MR) is 94.5 cm³/mol. The van der Waals surface area contributed by atoms with E-state index in [9.17, 15) is 36.0 Å². The number of aromatic nitrogens is 2. The van der Waals surface area contributed by atoms with Gasteiger partial charge in [0.15, 0.2) is 0 Å². The molecule has 1 aliphatic heterocycles. The van der Waals surface area contributed by atoms with E-state index in [4.69, 9.17) is 5.73 Å². The SMILES string of the molecule is Cn1c2c(c(=O)n(C)c1=O)[C@@](NS(=O)(=O)c1ccc(N)cc1)(C(F)(F)F)C(=O)N2. The number of nitrogens with two attached hydrogens (primary N) is 1. The summed E-state index contributed by atoms with van der Waals surface area (Å²) < 4.78 is 70.0. The molecule has 29 heavy (non-hydrogen) atoms. The van der Waals surface area contributed by atoms with Gasteiger partial charge in [-0.25, -0.2) is 13.2 Å². The van der Waals surface area contributed by atoms with Crippen LogP contribution in [0, 0.1) is 0 Å². The Labute approximate surface area is 160 Å². The van der Waals surface area contributed by atoms with Gasteiger partial charge in [-0.3, -0.25) is 18.7 Å². The molecule has 0 saturated carbocycles. The molecule has 0 fully saturated rings. The van der Waals surface area contributed by atoms with Gasteiger partial charge in [-0.05, 0) is 24.3 Å². The van der Waals surface area contributed by atoms with E-state index in [1.807, 2.05) is 0 Å². The van der Waals surface area contributed by atoms with Crippen molar-refractivity contribution in [3.63, 3.8) is 0 Å². The largest absolute Gasteiger partial charge is 0.421 e. The van der Waals surface area contributed by atoms with Crippen molar-refractivity contribution in [3.05, 3.63) is 50.7 Å². The topological polar surface area (TPSA) is 145 Å². The van der Waals surface area contributed by atoms with Crippen molar-refractivity contribution in [3.8, 4) is 0 Å². The predicted octanol–water partition coefficient (Wildman–Crippen LogP) is -0.646. The van der Waals surface area contributed by atoms with Crippen molar-refractivity contribution in [2.24, 2.45) is 14.1 Å². The minimum absolute atomic E-state index is 0.155. The zero-order valence-corrected chi connectivity index (χ0v) is 15.7. The smallest absolute Gasteiger partial charge is 0.399 e. The Bertz CT molecular complexity index is 1250. The molecule has 1 aromatic heterocycles. The summed E-state index contributed by atoms with van der Waals surface area (Å²) in [5.41, 5.74) is -2.07. The summed E-state index contributed by atoms with van der Waals surface area (Å²) in [4.78, 5) is 36.3. The van der Waals surface area contributed by atoms with Crippen LogP contribution in [0.3, 0.4) is 0 Å². The van der Waals surface area contributed by atoms with Gasteiger partial charge in [0.05, 0.1) is 10.5 Å². The van der Waals surface area contributed by atoms with Crippen LogP contribution < -0.4 is 27.0 Å². The number of carbonyl (C=O) groups excluding carboxylic acids is 1. The number of sulfonamides is 1. The van der Waals surface area contributed by atoms with Crippen molar-refractivity contribution >= 4 is 27.4 Å². The third-order valence-electron chi connectivity index (χ3n) is 4.52. The van der Waals surface area contributed by atoms with Crippen LogP contribution in [0.2, 0.25) is 0 Å². The number of alkyl halides is 3. The number of nitrogen functional groups attached to an aromatic ring is 1. The number of nitrogens with one attached hydrogen (secondary N) is 2. The molecular weight excluding hydrogens is 419 g/mol. The average Bonchev–Trinajstić information content (AvgIpc) is 2.91. The number of fused-ring (bicyclic) bond motifs is 1. The minimum atomic E-state index is -5.56. The van der Waals surface area contributed by atoms with E-state index in [1.54, 1.807) is 5.32 Å². The lowest BCUT2D eigenvalue weighted by Crippen LogP contribution is -2.62. The first-order chi connectivity index (χ1) is 13.2. The van der Waals surface area contributed by atoms with E-state index in [0.29, 0.717) is 9.13 Å². The van der Waals surface area contributed by atoms with Crippen LogP contribution in [0.4, 0.5) is 24.7 Å². The summed E-state index contributed by atoms with van der Waals surface area (Å²) in [6.45, 7) is 0. The van der Waals surface area contributed by atoms with Gasteiger partial charge >= 0.3 is 11.9 Å².